The summed E-state index contributed by atoms with van der Waals surface area (Å²) in [7, 11) is -3.09. The molecule has 0 spiro atoms. The van der Waals surface area contributed by atoms with Crippen LogP contribution in [0.2, 0.25) is 0 Å². The van der Waals surface area contributed by atoms with E-state index in [-0.39, 0.29) is 33.0 Å². The van der Waals surface area contributed by atoms with E-state index in [1.807, 2.05) is 206 Å². The zero-order chi connectivity index (χ0) is 45.8. The smallest absolute Gasteiger partial charge is 0.275 e. The van der Waals surface area contributed by atoms with Crippen molar-refractivity contribution in [3.8, 4) is 0 Å². The number of hydrogen-bond donors (Lipinski definition) is 1. The van der Waals surface area contributed by atoms with Crippen LogP contribution in [0.25, 0.3) is 0 Å². The summed E-state index contributed by atoms with van der Waals surface area (Å²) < 4.78 is 36.1. The van der Waals surface area contributed by atoms with Crippen LogP contribution in [0.4, 0.5) is 0 Å². The first kappa shape index (κ1) is 46.9. The van der Waals surface area contributed by atoms with Crippen LogP contribution in [0, 0.1) is 0 Å². The number of carbonyl (C=O) groups excluding carboxylic acids is 1. The number of ether oxygens (including phenoxy) is 4. The minimum atomic E-state index is -3.09. The number of hydroxylamine groups is 1. The third-order valence-corrected chi connectivity index (χ3v) is 14.7. The summed E-state index contributed by atoms with van der Waals surface area (Å²) in [6.07, 6.45) is -4.76. The van der Waals surface area contributed by atoms with E-state index in [9.17, 15) is 4.79 Å². The number of amides is 1. The minimum Gasteiger partial charge on any atom is -0.367 e. The van der Waals surface area contributed by atoms with Crippen molar-refractivity contribution in [3.05, 3.63) is 270 Å². The van der Waals surface area contributed by atoms with Crippen molar-refractivity contribution in [2.75, 3.05) is 0 Å². The molecule has 0 fully saturated rings. The van der Waals surface area contributed by atoms with Crippen LogP contribution in [0.3, 0.4) is 0 Å². The lowest BCUT2D eigenvalue weighted by Gasteiger charge is -2.38. The maximum absolute atomic E-state index is 15.0. The Morgan fingerprint density at radius 2 is 0.657 bits per heavy atom. The average molecular weight is 909 g/mol. The van der Waals surface area contributed by atoms with Crippen molar-refractivity contribution in [2.24, 2.45) is 0 Å². The van der Waals surface area contributed by atoms with Crippen LogP contribution in [0.15, 0.2) is 243 Å². The SMILES string of the molecule is O=C(NOCc1ccccc1)[C@H](OCc1ccccc1)[C@@H](OCc1ccccc1)[C@H](OCc1ccccc1)[C@@H](OCc1ccccc1)O[P+](c1ccccc1)(c1ccccc1)c1ccccc1. The van der Waals surface area contributed by atoms with E-state index in [0.717, 1.165) is 43.7 Å². The van der Waals surface area contributed by atoms with E-state index in [1.54, 1.807) is 0 Å². The van der Waals surface area contributed by atoms with E-state index in [4.69, 9.17) is 28.3 Å². The van der Waals surface area contributed by atoms with Crippen molar-refractivity contribution in [1.82, 2.24) is 5.48 Å². The predicted molar refractivity (Wildman–Crippen MR) is 266 cm³/mol. The normalized spacial score (nSPS) is 13.3. The van der Waals surface area contributed by atoms with Gasteiger partial charge in [-0.3, -0.25) is 9.63 Å². The van der Waals surface area contributed by atoms with Gasteiger partial charge in [0.05, 0.1) is 33.0 Å². The molecule has 0 radical (unpaired) electrons. The average Bonchev–Trinajstić information content (AvgIpc) is 3.40. The van der Waals surface area contributed by atoms with Gasteiger partial charge in [0.25, 0.3) is 5.91 Å². The van der Waals surface area contributed by atoms with Gasteiger partial charge < -0.3 is 18.9 Å². The summed E-state index contributed by atoms with van der Waals surface area (Å²) >= 11 is 0. The predicted octanol–water partition coefficient (Wildman–Crippen LogP) is 10.5. The number of benzene rings is 8. The fourth-order valence-electron chi connectivity index (χ4n) is 7.76. The lowest BCUT2D eigenvalue weighted by Crippen LogP contribution is -2.55. The maximum Gasteiger partial charge on any atom is 0.275 e. The van der Waals surface area contributed by atoms with Gasteiger partial charge in [-0.15, -0.1) is 0 Å². The summed E-state index contributed by atoms with van der Waals surface area (Å²) in [5.41, 5.74) is 7.19. The lowest BCUT2D eigenvalue weighted by molar-refractivity contribution is -0.232. The zero-order valence-electron chi connectivity index (χ0n) is 37.2. The molecule has 0 aromatic heterocycles. The van der Waals surface area contributed by atoms with Crippen LogP contribution in [0.5, 0.6) is 0 Å². The molecule has 0 saturated carbocycles. The lowest BCUT2D eigenvalue weighted by atomic mass is 10.0. The molecule has 1 amide bonds. The van der Waals surface area contributed by atoms with Crippen LogP contribution >= 0.6 is 7.49 Å². The van der Waals surface area contributed by atoms with Crippen molar-refractivity contribution >= 4 is 29.3 Å². The Morgan fingerprint density at radius 1 is 0.358 bits per heavy atom. The maximum atomic E-state index is 15.0. The van der Waals surface area contributed by atoms with Gasteiger partial charge in [-0.05, 0) is 64.2 Å². The molecule has 0 aliphatic carbocycles. The number of carbonyl (C=O) groups is 1. The molecule has 0 unspecified atom stereocenters. The molecule has 1 N–H and O–H groups in total. The molecule has 4 atom stereocenters. The molecule has 67 heavy (non-hydrogen) atoms. The van der Waals surface area contributed by atoms with E-state index in [2.05, 4.69) is 41.9 Å². The Labute approximate surface area is 394 Å². The van der Waals surface area contributed by atoms with Crippen molar-refractivity contribution in [3.63, 3.8) is 0 Å². The summed E-state index contributed by atoms with van der Waals surface area (Å²) in [4.78, 5) is 20.9. The first-order chi connectivity index (χ1) is 33.2. The third kappa shape index (κ3) is 13.1. The largest absolute Gasteiger partial charge is 0.367 e. The molecule has 8 rings (SSSR count). The summed E-state index contributed by atoms with van der Waals surface area (Å²) in [6, 6.07) is 79.9. The van der Waals surface area contributed by atoms with Gasteiger partial charge >= 0.3 is 0 Å². The minimum absolute atomic E-state index is 0.0829. The Hall–Kier alpha value is -6.58. The first-order valence-corrected chi connectivity index (χ1v) is 24.2. The second-order valence-electron chi connectivity index (χ2n) is 15.9. The van der Waals surface area contributed by atoms with Gasteiger partial charge in [-0.2, -0.15) is 4.52 Å². The van der Waals surface area contributed by atoms with Crippen LogP contribution in [0.1, 0.15) is 27.8 Å². The highest BCUT2D eigenvalue weighted by molar-refractivity contribution is 7.91. The molecule has 0 aliphatic rings. The molecular weight excluding hydrogens is 854 g/mol. The van der Waals surface area contributed by atoms with Gasteiger partial charge in [-0.1, -0.05) is 206 Å². The van der Waals surface area contributed by atoms with Gasteiger partial charge in [-0.25, -0.2) is 5.48 Å². The molecule has 0 heterocycles. The highest BCUT2D eigenvalue weighted by Gasteiger charge is 2.54. The molecule has 8 nitrogen and oxygen atoms in total. The molecule has 8 aromatic rings. The third-order valence-electron chi connectivity index (χ3n) is 11.1. The molecule has 9 heteroatoms. The second-order valence-corrected chi connectivity index (χ2v) is 18.8. The van der Waals surface area contributed by atoms with Gasteiger partial charge in [0.15, 0.2) is 6.10 Å². The topological polar surface area (TPSA) is 84.5 Å². The number of rotatable bonds is 24. The first-order valence-electron chi connectivity index (χ1n) is 22.5. The highest BCUT2D eigenvalue weighted by Crippen LogP contribution is 2.58. The molecular formula is C58H55NO7P+. The monoisotopic (exact) mass is 908 g/mol. The van der Waals surface area contributed by atoms with Crippen molar-refractivity contribution in [2.45, 2.75) is 57.6 Å². The molecule has 0 saturated heterocycles. The number of hydrogen-bond acceptors (Lipinski definition) is 7. The quantitative estimate of drug-likeness (QED) is 0.0367. The van der Waals surface area contributed by atoms with E-state index >= 15 is 0 Å². The van der Waals surface area contributed by atoms with E-state index < -0.39 is 38.0 Å². The Kier molecular flexibility index (Phi) is 17.4. The summed E-state index contributed by atoms with van der Waals surface area (Å²) in [5.74, 6) is -0.560. The van der Waals surface area contributed by atoms with Crippen LogP contribution in [-0.4, -0.2) is 30.5 Å². The summed E-state index contributed by atoms with van der Waals surface area (Å²) in [5, 5.41) is 2.90. The van der Waals surface area contributed by atoms with Crippen molar-refractivity contribution in [1.29, 1.82) is 0 Å². The van der Waals surface area contributed by atoms with Gasteiger partial charge in [0, 0.05) is 0 Å². The Morgan fingerprint density at radius 3 is 1.03 bits per heavy atom. The highest BCUT2D eigenvalue weighted by atomic mass is 31.2. The van der Waals surface area contributed by atoms with Gasteiger partial charge in [0.2, 0.25) is 13.8 Å². The fourth-order valence-corrected chi connectivity index (χ4v) is 11.3. The fraction of sp³-hybridized carbons (Fsp3) is 0.155. The Balaban J connectivity index is 1.29. The van der Waals surface area contributed by atoms with E-state index in [0.29, 0.717) is 0 Å². The number of nitrogens with one attached hydrogen (secondary N) is 1. The molecule has 0 aliphatic heterocycles. The molecule has 0 bridgehead atoms. The zero-order valence-corrected chi connectivity index (χ0v) is 38.1. The van der Waals surface area contributed by atoms with Crippen LogP contribution in [-0.2, 0) is 66.1 Å². The van der Waals surface area contributed by atoms with Crippen molar-refractivity contribution < 1.29 is 33.1 Å². The molecule has 8 aromatic carbocycles. The Bertz CT molecular complexity index is 2520. The van der Waals surface area contributed by atoms with E-state index in [1.165, 1.54) is 0 Å². The van der Waals surface area contributed by atoms with Gasteiger partial charge in [0.1, 0.15) is 28.1 Å². The molecule has 338 valence electrons. The summed E-state index contributed by atoms with van der Waals surface area (Å²) in [6.45, 7) is 0.617. The standard InChI is InChI=1S/C58H54NO7P/c60-57(59-65-45-50-33-17-5-18-34-50)55(62-42-47-27-11-2-12-28-47)54(61-41-46-25-9-1-10-26-46)56(63-43-48-29-13-3-14-30-48)58(64-44-49-31-15-4-16-32-49)66-67(51-35-19-6-20-36-51,52-37-21-7-22-38-52)53-39-23-8-24-40-53/h1-40,54-56,58H,41-45H2/p+1/t54-,55-,56+,58+/m1/s1. The van der Waals surface area contributed by atoms with Crippen LogP contribution < -0.4 is 21.4 Å². The second kappa shape index (κ2) is 24.8.